The minimum Gasteiger partial charge on any atom is -0.445 e. The molecule has 0 spiro atoms. The van der Waals surface area contributed by atoms with Crippen LogP contribution in [0.1, 0.15) is 16.7 Å². The Bertz CT molecular complexity index is 700. The Morgan fingerprint density at radius 2 is 2.04 bits per heavy atom. The van der Waals surface area contributed by atoms with E-state index < -0.39 is 6.09 Å². The van der Waals surface area contributed by atoms with Gasteiger partial charge in [0.15, 0.2) is 0 Å². The summed E-state index contributed by atoms with van der Waals surface area (Å²) in [5, 5.41) is 2.57. The number of rotatable bonds is 5. The predicted octanol–water partition coefficient (Wildman–Crippen LogP) is 3.66. The van der Waals surface area contributed by atoms with Crippen LogP contribution < -0.4 is 11.1 Å². The number of anilines is 1. The lowest BCUT2D eigenvalue weighted by Gasteiger charge is -2.05. The second-order valence-corrected chi connectivity index (χ2v) is 5.08. The number of nitrogens with one attached hydrogen (secondary N) is 1. The number of carbonyl (C=O) groups is 1. The zero-order valence-corrected chi connectivity index (χ0v) is 12.9. The molecule has 2 aromatic carbocycles. The number of alkyl carbamates (subject to hydrolysis) is 1. The number of nitrogen functional groups attached to an aromatic ring is 1. The lowest BCUT2D eigenvalue weighted by Crippen LogP contribution is -2.24. The molecule has 4 nitrogen and oxygen atoms in total. The van der Waals surface area contributed by atoms with Crippen LogP contribution in [0, 0.1) is 12.7 Å². The summed E-state index contributed by atoms with van der Waals surface area (Å²) in [6.07, 6.45) is 2.68. The summed E-state index contributed by atoms with van der Waals surface area (Å²) in [4.78, 5) is 11.5. The number of carbonyl (C=O) groups excluding carboxylic acids is 1. The third kappa shape index (κ3) is 5.14. The van der Waals surface area contributed by atoms with Gasteiger partial charge in [0.05, 0.1) is 0 Å². The molecule has 0 aliphatic rings. The third-order valence-electron chi connectivity index (χ3n) is 3.26. The van der Waals surface area contributed by atoms with Gasteiger partial charge in [0, 0.05) is 17.8 Å². The van der Waals surface area contributed by atoms with Crippen LogP contribution >= 0.6 is 0 Å². The Morgan fingerprint density at radius 1 is 1.30 bits per heavy atom. The predicted molar refractivity (Wildman–Crippen MR) is 89.2 cm³/mol. The molecule has 0 aliphatic heterocycles. The number of nitrogens with two attached hydrogens (primary N) is 1. The van der Waals surface area contributed by atoms with Gasteiger partial charge in [0.1, 0.15) is 12.4 Å². The van der Waals surface area contributed by atoms with Crippen LogP contribution in [0.3, 0.4) is 0 Å². The number of amides is 1. The van der Waals surface area contributed by atoms with Gasteiger partial charge in [-0.15, -0.1) is 0 Å². The summed E-state index contributed by atoms with van der Waals surface area (Å²) in [6.45, 7) is 2.19. The van der Waals surface area contributed by atoms with Crippen molar-refractivity contribution in [3.8, 4) is 0 Å². The first-order valence-corrected chi connectivity index (χ1v) is 7.23. The number of ether oxygens (including phenoxy) is 1. The van der Waals surface area contributed by atoms with E-state index in [1.807, 2.05) is 30.3 Å². The third-order valence-corrected chi connectivity index (χ3v) is 3.26. The second-order valence-electron chi connectivity index (χ2n) is 5.08. The van der Waals surface area contributed by atoms with E-state index in [0.29, 0.717) is 16.8 Å². The van der Waals surface area contributed by atoms with E-state index in [9.17, 15) is 9.18 Å². The lowest BCUT2D eigenvalue weighted by molar-refractivity contribution is 0.141. The molecule has 0 saturated heterocycles. The zero-order valence-electron chi connectivity index (χ0n) is 12.9. The number of aryl methyl sites for hydroxylation is 1. The van der Waals surface area contributed by atoms with Gasteiger partial charge in [-0.3, -0.25) is 0 Å². The normalized spacial score (nSPS) is 10.7. The monoisotopic (exact) mass is 314 g/mol. The highest BCUT2D eigenvalue weighted by Crippen LogP contribution is 2.18. The molecular formula is C18H19FN2O2. The van der Waals surface area contributed by atoms with Crippen LogP contribution in [0.2, 0.25) is 0 Å². The van der Waals surface area contributed by atoms with Crippen molar-refractivity contribution in [3.05, 3.63) is 71.0 Å². The van der Waals surface area contributed by atoms with Crippen molar-refractivity contribution < 1.29 is 13.9 Å². The van der Waals surface area contributed by atoms with Gasteiger partial charge in [-0.25, -0.2) is 9.18 Å². The van der Waals surface area contributed by atoms with Gasteiger partial charge in [0.2, 0.25) is 0 Å². The maximum Gasteiger partial charge on any atom is 0.407 e. The maximum absolute atomic E-state index is 13.7. The Hall–Kier alpha value is -2.82. The summed E-state index contributed by atoms with van der Waals surface area (Å²) >= 11 is 0. The van der Waals surface area contributed by atoms with Crippen molar-refractivity contribution in [2.24, 2.45) is 0 Å². The van der Waals surface area contributed by atoms with Crippen molar-refractivity contribution in [3.63, 3.8) is 0 Å². The summed E-state index contributed by atoms with van der Waals surface area (Å²) in [5.41, 5.74) is 8.27. The molecule has 2 rings (SSSR count). The number of halogens is 1. The molecule has 1 amide bonds. The highest BCUT2D eigenvalue weighted by Gasteiger charge is 2.03. The molecule has 0 atom stereocenters. The summed E-state index contributed by atoms with van der Waals surface area (Å²) < 4.78 is 18.8. The van der Waals surface area contributed by atoms with Crippen molar-refractivity contribution in [1.29, 1.82) is 0 Å². The fourth-order valence-electron chi connectivity index (χ4n) is 1.94. The molecule has 5 heteroatoms. The number of hydrogen-bond acceptors (Lipinski definition) is 3. The standard InChI is InChI=1S/C18H19FN2O2/c1-13-10-16(19)15(11-17(13)20)8-5-9-21-18(22)23-12-14-6-3-2-4-7-14/h2-8,10-11H,9,12,20H2,1H3,(H,21,22). The second kappa shape index (κ2) is 7.98. The zero-order chi connectivity index (χ0) is 16.7. The minimum atomic E-state index is -0.526. The molecule has 120 valence electrons. The molecule has 0 heterocycles. The topological polar surface area (TPSA) is 64.3 Å². The number of hydrogen-bond donors (Lipinski definition) is 2. The Kier molecular flexibility index (Phi) is 5.74. The average molecular weight is 314 g/mol. The van der Waals surface area contributed by atoms with E-state index in [2.05, 4.69) is 5.32 Å². The van der Waals surface area contributed by atoms with Gasteiger partial charge in [-0.05, 0) is 30.2 Å². The Labute approximate surface area is 134 Å². The highest BCUT2D eigenvalue weighted by atomic mass is 19.1. The molecular weight excluding hydrogens is 295 g/mol. The van der Waals surface area contributed by atoms with Gasteiger partial charge >= 0.3 is 6.09 Å². The quantitative estimate of drug-likeness (QED) is 0.828. The van der Waals surface area contributed by atoms with Crippen molar-refractivity contribution in [1.82, 2.24) is 5.32 Å². The first-order valence-electron chi connectivity index (χ1n) is 7.23. The Morgan fingerprint density at radius 3 is 2.78 bits per heavy atom. The van der Waals surface area contributed by atoms with E-state index in [1.165, 1.54) is 6.07 Å². The van der Waals surface area contributed by atoms with E-state index >= 15 is 0 Å². The molecule has 0 unspecified atom stereocenters. The van der Waals surface area contributed by atoms with Crippen LogP contribution in [0.25, 0.3) is 6.08 Å². The van der Waals surface area contributed by atoms with Crippen LogP contribution in [0.15, 0.2) is 48.5 Å². The average Bonchev–Trinajstić information content (AvgIpc) is 2.55. The first kappa shape index (κ1) is 16.5. The van der Waals surface area contributed by atoms with Crippen LogP contribution in [-0.4, -0.2) is 12.6 Å². The van der Waals surface area contributed by atoms with E-state index in [-0.39, 0.29) is 19.0 Å². The molecule has 23 heavy (non-hydrogen) atoms. The van der Waals surface area contributed by atoms with Gasteiger partial charge in [-0.1, -0.05) is 42.5 Å². The van der Waals surface area contributed by atoms with Gasteiger partial charge in [0.25, 0.3) is 0 Å². The van der Waals surface area contributed by atoms with Crippen molar-refractivity contribution in [2.45, 2.75) is 13.5 Å². The highest BCUT2D eigenvalue weighted by molar-refractivity contribution is 5.67. The molecule has 0 aromatic heterocycles. The summed E-state index contributed by atoms with van der Waals surface area (Å²) in [7, 11) is 0. The molecule has 0 radical (unpaired) electrons. The van der Waals surface area contributed by atoms with Gasteiger partial charge < -0.3 is 15.8 Å². The van der Waals surface area contributed by atoms with Crippen molar-refractivity contribution in [2.75, 3.05) is 12.3 Å². The Balaban J connectivity index is 1.78. The van der Waals surface area contributed by atoms with Crippen LogP contribution in [0.4, 0.5) is 14.9 Å². The largest absolute Gasteiger partial charge is 0.445 e. The molecule has 0 fully saturated rings. The van der Waals surface area contributed by atoms with E-state index in [0.717, 1.165) is 5.56 Å². The molecule has 3 N–H and O–H groups in total. The van der Waals surface area contributed by atoms with Crippen LogP contribution in [-0.2, 0) is 11.3 Å². The fourth-order valence-corrected chi connectivity index (χ4v) is 1.94. The first-order chi connectivity index (χ1) is 11.1. The van der Waals surface area contributed by atoms with Crippen LogP contribution in [0.5, 0.6) is 0 Å². The number of benzene rings is 2. The maximum atomic E-state index is 13.7. The summed E-state index contributed by atoms with van der Waals surface area (Å²) in [5.74, 6) is -0.348. The SMILES string of the molecule is Cc1cc(F)c(C=CCNC(=O)OCc2ccccc2)cc1N. The smallest absolute Gasteiger partial charge is 0.407 e. The molecule has 0 bridgehead atoms. The summed E-state index contributed by atoms with van der Waals surface area (Å²) in [6, 6.07) is 12.3. The van der Waals surface area contributed by atoms with E-state index in [4.69, 9.17) is 10.5 Å². The van der Waals surface area contributed by atoms with Gasteiger partial charge in [-0.2, -0.15) is 0 Å². The molecule has 2 aromatic rings. The van der Waals surface area contributed by atoms with Crippen molar-refractivity contribution >= 4 is 17.9 Å². The molecule has 0 saturated carbocycles. The lowest BCUT2D eigenvalue weighted by atomic mass is 10.1. The van der Waals surface area contributed by atoms with E-state index in [1.54, 1.807) is 25.1 Å². The minimum absolute atomic E-state index is 0.208. The fraction of sp³-hybridized carbons (Fsp3) is 0.167. The molecule has 0 aliphatic carbocycles.